The van der Waals surface area contributed by atoms with Crippen LogP contribution in [0.25, 0.3) is 22.6 Å². The highest BCUT2D eigenvalue weighted by molar-refractivity contribution is 7.14. The van der Waals surface area contributed by atoms with Crippen molar-refractivity contribution in [2.75, 3.05) is 31.5 Å². The maximum Gasteiger partial charge on any atom is 0.237 e. The lowest BCUT2D eigenvalue weighted by atomic mass is 10.1. The van der Waals surface area contributed by atoms with Crippen LogP contribution in [-0.4, -0.2) is 53.2 Å². The molecule has 3 heterocycles. The molecular weight excluding hydrogens is 400 g/mol. The molecule has 0 radical (unpaired) electrons. The minimum absolute atomic E-state index is 0.0191. The molecule has 1 atom stereocenters. The van der Waals surface area contributed by atoms with Gasteiger partial charge in [0.25, 0.3) is 0 Å². The first-order chi connectivity index (χ1) is 14.8. The van der Waals surface area contributed by atoms with E-state index in [1.165, 1.54) is 11.3 Å². The SMILES string of the molecule is N#C[C@@H]1CCCN1C(=O)CNCCNc1nc(-c2oncc2-c2ccccc2)cs1. The van der Waals surface area contributed by atoms with E-state index in [1.807, 2.05) is 35.7 Å². The van der Waals surface area contributed by atoms with Crippen molar-refractivity contribution in [3.63, 3.8) is 0 Å². The average Bonchev–Trinajstić information content (AvgIpc) is 3.53. The van der Waals surface area contributed by atoms with Gasteiger partial charge < -0.3 is 20.1 Å². The van der Waals surface area contributed by atoms with Gasteiger partial charge in [-0.15, -0.1) is 11.3 Å². The molecule has 1 amide bonds. The van der Waals surface area contributed by atoms with Crippen LogP contribution in [0.2, 0.25) is 0 Å². The van der Waals surface area contributed by atoms with Gasteiger partial charge in [-0.3, -0.25) is 4.79 Å². The van der Waals surface area contributed by atoms with Crippen LogP contribution in [0.4, 0.5) is 5.13 Å². The van der Waals surface area contributed by atoms with Gasteiger partial charge in [0.15, 0.2) is 10.9 Å². The Balaban J connectivity index is 1.26. The number of amides is 1. The summed E-state index contributed by atoms with van der Waals surface area (Å²) in [5.41, 5.74) is 2.67. The van der Waals surface area contributed by atoms with Crippen molar-refractivity contribution in [2.45, 2.75) is 18.9 Å². The van der Waals surface area contributed by atoms with E-state index in [4.69, 9.17) is 9.78 Å². The summed E-state index contributed by atoms with van der Waals surface area (Å²) in [5.74, 6) is 0.626. The number of hydrogen-bond acceptors (Lipinski definition) is 8. The van der Waals surface area contributed by atoms with Crippen LogP contribution in [0.5, 0.6) is 0 Å². The Labute approximate surface area is 178 Å². The molecule has 0 unspecified atom stereocenters. The minimum atomic E-state index is -0.275. The number of nitrogens with zero attached hydrogens (tertiary/aromatic N) is 4. The lowest BCUT2D eigenvalue weighted by Gasteiger charge is -2.19. The fourth-order valence-electron chi connectivity index (χ4n) is 3.46. The lowest BCUT2D eigenvalue weighted by Crippen LogP contribution is -2.41. The fourth-order valence-corrected chi connectivity index (χ4v) is 4.18. The summed E-state index contributed by atoms with van der Waals surface area (Å²) in [6, 6.07) is 11.9. The zero-order valence-electron chi connectivity index (χ0n) is 16.4. The Morgan fingerprint density at radius 3 is 3.03 bits per heavy atom. The van der Waals surface area contributed by atoms with Gasteiger partial charge >= 0.3 is 0 Å². The Morgan fingerprint density at radius 2 is 2.20 bits per heavy atom. The normalized spacial score (nSPS) is 15.8. The van der Waals surface area contributed by atoms with Crippen LogP contribution >= 0.6 is 11.3 Å². The number of aromatic nitrogens is 2. The van der Waals surface area contributed by atoms with Gasteiger partial charge in [0.2, 0.25) is 5.91 Å². The number of rotatable bonds is 8. The maximum absolute atomic E-state index is 12.2. The van der Waals surface area contributed by atoms with Crippen LogP contribution in [-0.2, 0) is 4.79 Å². The molecule has 0 aliphatic carbocycles. The zero-order chi connectivity index (χ0) is 20.8. The first-order valence-corrected chi connectivity index (χ1v) is 10.7. The number of nitrogens with one attached hydrogen (secondary N) is 2. The third-order valence-electron chi connectivity index (χ3n) is 4.97. The lowest BCUT2D eigenvalue weighted by molar-refractivity contribution is -0.130. The average molecular weight is 423 g/mol. The number of nitriles is 1. The molecule has 1 aliphatic heterocycles. The van der Waals surface area contributed by atoms with Crippen molar-refractivity contribution in [1.82, 2.24) is 20.4 Å². The molecular formula is C21H22N6O2S. The van der Waals surface area contributed by atoms with E-state index in [1.54, 1.807) is 11.1 Å². The molecule has 3 aromatic rings. The first-order valence-electron chi connectivity index (χ1n) is 9.86. The van der Waals surface area contributed by atoms with Gasteiger partial charge in [-0.1, -0.05) is 35.5 Å². The molecule has 4 rings (SSSR count). The van der Waals surface area contributed by atoms with E-state index >= 15 is 0 Å². The van der Waals surface area contributed by atoms with E-state index in [2.05, 4.69) is 26.8 Å². The van der Waals surface area contributed by atoms with E-state index in [0.717, 1.165) is 34.8 Å². The molecule has 0 spiro atoms. The van der Waals surface area contributed by atoms with Crippen molar-refractivity contribution < 1.29 is 9.32 Å². The highest BCUT2D eigenvalue weighted by Crippen LogP contribution is 2.33. The van der Waals surface area contributed by atoms with Crippen LogP contribution in [0.1, 0.15) is 12.8 Å². The predicted octanol–water partition coefficient (Wildman–Crippen LogP) is 2.98. The van der Waals surface area contributed by atoms with E-state index in [9.17, 15) is 4.79 Å². The molecule has 8 nitrogen and oxygen atoms in total. The minimum Gasteiger partial charge on any atom is -0.360 e. The van der Waals surface area contributed by atoms with Gasteiger partial charge in [0.05, 0.1) is 24.4 Å². The molecule has 1 aromatic carbocycles. The smallest absolute Gasteiger partial charge is 0.237 e. The van der Waals surface area contributed by atoms with Crippen molar-refractivity contribution in [2.24, 2.45) is 0 Å². The summed E-state index contributed by atoms with van der Waals surface area (Å²) in [4.78, 5) is 18.4. The Morgan fingerprint density at radius 1 is 1.33 bits per heavy atom. The van der Waals surface area contributed by atoms with Crippen LogP contribution < -0.4 is 10.6 Å². The van der Waals surface area contributed by atoms with Gasteiger partial charge in [-0.2, -0.15) is 5.26 Å². The second-order valence-electron chi connectivity index (χ2n) is 6.95. The molecule has 2 aromatic heterocycles. The Kier molecular flexibility index (Phi) is 6.37. The van der Waals surface area contributed by atoms with Gasteiger partial charge in [0.1, 0.15) is 11.7 Å². The fraction of sp³-hybridized carbons (Fsp3) is 0.333. The largest absolute Gasteiger partial charge is 0.360 e. The number of benzene rings is 1. The molecule has 9 heteroatoms. The van der Waals surface area contributed by atoms with Crippen molar-refractivity contribution in [1.29, 1.82) is 5.26 Å². The monoisotopic (exact) mass is 422 g/mol. The molecule has 1 saturated heterocycles. The molecule has 1 fully saturated rings. The topological polar surface area (TPSA) is 107 Å². The molecule has 0 saturated carbocycles. The number of hydrogen-bond donors (Lipinski definition) is 2. The van der Waals surface area contributed by atoms with Crippen molar-refractivity contribution in [3.8, 4) is 28.7 Å². The predicted molar refractivity (Wildman–Crippen MR) is 115 cm³/mol. The highest BCUT2D eigenvalue weighted by atomic mass is 32.1. The first kappa shape index (κ1) is 20.1. The van der Waals surface area contributed by atoms with E-state index in [0.29, 0.717) is 25.4 Å². The summed E-state index contributed by atoms with van der Waals surface area (Å²) >= 11 is 1.49. The Hall–Kier alpha value is -3.22. The third kappa shape index (κ3) is 4.50. The highest BCUT2D eigenvalue weighted by Gasteiger charge is 2.27. The summed E-state index contributed by atoms with van der Waals surface area (Å²) in [6.45, 7) is 2.15. The van der Waals surface area contributed by atoms with E-state index in [-0.39, 0.29) is 18.5 Å². The van der Waals surface area contributed by atoms with E-state index < -0.39 is 0 Å². The number of carbonyl (C=O) groups excluding carboxylic acids is 1. The van der Waals surface area contributed by atoms with Gasteiger partial charge in [0, 0.05) is 25.0 Å². The number of anilines is 1. The second kappa shape index (κ2) is 9.52. The van der Waals surface area contributed by atoms with Crippen molar-refractivity contribution in [3.05, 3.63) is 41.9 Å². The molecule has 1 aliphatic rings. The quantitative estimate of drug-likeness (QED) is 0.537. The maximum atomic E-state index is 12.2. The summed E-state index contributed by atoms with van der Waals surface area (Å²) < 4.78 is 5.44. The van der Waals surface area contributed by atoms with Crippen LogP contribution in [0.15, 0.2) is 46.4 Å². The third-order valence-corrected chi connectivity index (χ3v) is 5.77. The second-order valence-corrected chi connectivity index (χ2v) is 7.81. The summed E-state index contributed by atoms with van der Waals surface area (Å²) in [6.07, 6.45) is 3.37. The van der Waals surface area contributed by atoms with Crippen LogP contribution in [0.3, 0.4) is 0 Å². The number of likely N-dealkylation sites (tertiary alicyclic amines) is 1. The molecule has 30 heavy (non-hydrogen) atoms. The molecule has 154 valence electrons. The van der Waals surface area contributed by atoms with Crippen molar-refractivity contribution >= 4 is 22.4 Å². The number of thiazole rings is 1. The van der Waals surface area contributed by atoms with Gasteiger partial charge in [-0.05, 0) is 18.4 Å². The molecule has 2 N–H and O–H groups in total. The standard InChI is InChI=1S/C21H22N6O2S/c22-11-16-7-4-10-27(16)19(28)13-23-8-9-24-21-26-18(14-30-21)20-17(12-25-29-20)15-5-2-1-3-6-15/h1-3,5-6,12,14,16,23H,4,7-10,13H2,(H,24,26)/t16-/m0/s1. The van der Waals surface area contributed by atoms with Gasteiger partial charge in [-0.25, -0.2) is 4.98 Å². The zero-order valence-corrected chi connectivity index (χ0v) is 17.2. The van der Waals surface area contributed by atoms with Crippen LogP contribution in [0, 0.1) is 11.3 Å². The molecule has 0 bridgehead atoms. The number of carbonyl (C=O) groups is 1. The summed E-state index contributed by atoms with van der Waals surface area (Å²) in [5, 5.41) is 22.1. The Bertz CT molecular complexity index is 1030. The summed E-state index contributed by atoms with van der Waals surface area (Å²) in [7, 11) is 0.